The van der Waals surface area contributed by atoms with Gasteiger partial charge in [0, 0.05) is 64.0 Å². The van der Waals surface area contributed by atoms with Crippen LogP contribution in [0.5, 0.6) is 0 Å². The molecule has 3 amide bonds. The highest BCUT2D eigenvalue weighted by Gasteiger charge is 2.36. The highest BCUT2D eigenvalue weighted by atomic mass is 32.1. The first kappa shape index (κ1) is 46.2. The Balaban J connectivity index is 0.721. The summed E-state index contributed by atoms with van der Waals surface area (Å²) in [6.45, 7) is 3.61. The summed E-state index contributed by atoms with van der Waals surface area (Å²) in [6.07, 6.45) is 7.98. The zero-order valence-electron chi connectivity index (χ0n) is 37.9. The molecule has 2 N–H and O–H groups in total. The number of thiol groups is 1. The van der Waals surface area contributed by atoms with Crippen LogP contribution in [0, 0.1) is 23.7 Å². The SMILES string of the molecule is Cn1nc(C2CCC(=O)NC2=O)c2cccc(C#CCO[C@H]3CCN(C[C@H]4CC[C@H](n5cc(NC(=O)c6cnn7ccc(N8CCOC(CC9CC9)C8)nc67)c(C(F)F)n5)CC4)C[C@@H](F)C3S)c21. The summed E-state index contributed by atoms with van der Waals surface area (Å²) in [5, 5.41) is 18.5. The highest BCUT2D eigenvalue weighted by molar-refractivity contribution is 7.81. The molecule has 10 rings (SSSR count). The van der Waals surface area contributed by atoms with E-state index < -0.39 is 41.5 Å². The van der Waals surface area contributed by atoms with Gasteiger partial charge in [-0.3, -0.25) is 29.1 Å². The summed E-state index contributed by atoms with van der Waals surface area (Å²) in [5.41, 5.74) is 2.07. The van der Waals surface area contributed by atoms with Crippen LogP contribution in [-0.4, -0.2) is 126 Å². The first-order chi connectivity index (χ1) is 32.9. The number of amides is 3. The Hall–Kier alpha value is -5.49. The number of imide groups is 1. The maximum Gasteiger partial charge on any atom is 0.284 e. The third kappa shape index (κ3) is 9.98. The normalized spacial score (nSPS) is 26.2. The Labute approximate surface area is 397 Å². The number of carbonyl (C=O) groups is 3. The molecule has 20 heteroatoms. The highest BCUT2D eigenvalue weighted by Crippen LogP contribution is 2.38. The predicted octanol–water partition coefficient (Wildman–Crippen LogP) is 6.04. The summed E-state index contributed by atoms with van der Waals surface area (Å²) >= 11 is 4.65. The summed E-state index contributed by atoms with van der Waals surface area (Å²) in [4.78, 5) is 47.1. The van der Waals surface area contributed by atoms with E-state index in [0.717, 1.165) is 36.1 Å². The van der Waals surface area contributed by atoms with Crippen LogP contribution in [0.15, 0.2) is 42.9 Å². The molecule has 5 aliphatic rings. The fourth-order valence-corrected chi connectivity index (χ4v) is 10.8. The van der Waals surface area contributed by atoms with Gasteiger partial charge >= 0.3 is 0 Å². The lowest BCUT2D eigenvalue weighted by Gasteiger charge is -2.33. The van der Waals surface area contributed by atoms with E-state index in [1.54, 1.807) is 22.6 Å². The van der Waals surface area contributed by atoms with E-state index in [4.69, 9.17) is 14.5 Å². The minimum absolute atomic E-state index is 0.0484. The second-order valence-electron chi connectivity index (χ2n) is 19.0. The fraction of sp³-hybridized carbons (Fsp3) is 0.562. The maximum atomic E-state index is 15.7. The molecule has 0 radical (unpaired) electrons. The van der Waals surface area contributed by atoms with Gasteiger partial charge in [-0.2, -0.15) is 27.9 Å². The van der Waals surface area contributed by atoms with Gasteiger partial charge in [0.05, 0.1) is 64.7 Å². The molecule has 5 atom stereocenters. The van der Waals surface area contributed by atoms with Crippen molar-refractivity contribution >= 4 is 58.4 Å². The number of nitrogens with one attached hydrogen (secondary N) is 2. The van der Waals surface area contributed by atoms with Crippen molar-refractivity contribution in [3.63, 3.8) is 0 Å². The predicted molar refractivity (Wildman–Crippen MR) is 250 cm³/mol. The number of aryl methyl sites for hydroxylation is 1. The second-order valence-corrected chi connectivity index (χ2v) is 19.6. The van der Waals surface area contributed by atoms with Gasteiger partial charge in [0.25, 0.3) is 12.3 Å². The van der Waals surface area contributed by atoms with Gasteiger partial charge < -0.3 is 24.6 Å². The minimum Gasteiger partial charge on any atom is -0.375 e. The average molecular weight is 956 g/mol. The molecule has 2 aliphatic carbocycles. The molecule has 16 nitrogen and oxygen atoms in total. The number of halogens is 3. The third-order valence-corrected chi connectivity index (χ3v) is 14.9. The number of aromatic nitrogens is 7. The molecular formula is C48H56F3N11O5S. The standard InChI is InChI=1S/C48H56F3N11O5S/c1-58-43-30(4-2-6-33(43)41(56-58)34-13-14-40(63)55-47(34)64)5-3-20-67-38-15-17-59(26-36(49)44(38)68)24-29-9-11-31(12-10-29)62-27-37(42(57-62)45(50)51)53-48(65)35-23-52-61-18-16-39(54-46(35)61)60-19-21-66-32(25-60)22-28-7-8-28/h2,4,6,16,18,23,27-29,31-32,34,36,38,44-45,68H,7-15,17,19-22,24-26H2,1H3,(H,53,65)(H,55,63,64)/t29-,31-,32?,34?,36-,38+,44?/m1/s1. The molecule has 7 heterocycles. The molecular weight excluding hydrogens is 900 g/mol. The van der Waals surface area contributed by atoms with Crippen LogP contribution in [0.2, 0.25) is 0 Å². The van der Waals surface area contributed by atoms with Gasteiger partial charge in [-0.05, 0) is 68.9 Å². The van der Waals surface area contributed by atoms with Gasteiger partial charge in [0.2, 0.25) is 11.8 Å². The smallest absolute Gasteiger partial charge is 0.284 e. The number of rotatable bonds is 12. The Morgan fingerprint density at radius 3 is 2.66 bits per heavy atom. The van der Waals surface area contributed by atoms with Gasteiger partial charge in [-0.15, -0.1) is 0 Å². The van der Waals surface area contributed by atoms with Crippen LogP contribution in [0.4, 0.5) is 24.7 Å². The zero-order chi connectivity index (χ0) is 47.1. The van der Waals surface area contributed by atoms with Gasteiger partial charge in [0.15, 0.2) is 11.3 Å². The topological polar surface area (TPSA) is 166 Å². The first-order valence-electron chi connectivity index (χ1n) is 23.8. The zero-order valence-corrected chi connectivity index (χ0v) is 38.8. The van der Waals surface area contributed by atoms with Crippen molar-refractivity contribution in [1.29, 1.82) is 0 Å². The van der Waals surface area contributed by atoms with Crippen LogP contribution < -0.4 is 15.5 Å². The number of para-hydroxylation sites is 1. The quantitative estimate of drug-likeness (QED) is 0.0759. The number of benzene rings is 1. The number of hydrogen-bond acceptors (Lipinski definition) is 12. The van der Waals surface area contributed by atoms with Crippen molar-refractivity contribution < 1.29 is 37.0 Å². The third-order valence-electron chi connectivity index (χ3n) is 14.2. The Kier molecular flexibility index (Phi) is 13.5. The summed E-state index contributed by atoms with van der Waals surface area (Å²) in [7, 11) is 1.80. The Morgan fingerprint density at radius 2 is 1.87 bits per heavy atom. The maximum absolute atomic E-state index is 15.7. The Bertz CT molecular complexity index is 2740. The van der Waals surface area contributed by atoms with E-state index in [0.29, 0.717) is 81.2 Å². The van der Waals surface area contributed by atoms with Crippen LogP contribution in [0.3, 0.4) is 0 Å². The molecule has 3 saturated heterocycles. The number of ether oxygens (including phenoxy) is 2. The lowest BCUT2D eigenvalue weighted by atomic mass is 9.85. The molecule has 0 spiro atoms. The van der Waals surface area contributed by atoms with Gasteiger partial charge in [-0.1, -0.05) is 36.8 Å². The van der Waals surface area contributed by atoms with E-state index in [9.17, 15) is 23.2 Å². The molecule has 3 unspecified atom stereocenters. The van der Waals surface area contributed by atoms with E-state index in [2.05, 4.69) is 60.2 Å². The van der Waals surface area contributed by atoms with Crippen molar-refractivity contribution in [3.05, 3.63) is 65.4 Å². The lowest BCUT2D eigenvalue weighted by Crippen LogP contribution is -2.43. The molecule has 3 aliphatic heterocycles. The molecule has 2 saturated carbocycles. The number of anilines is 2. The number of carbonyl (C=O) groups excluding carboxylic acids is 3. The van der Waals surface area contributed by atoms with Crippen LogP contribution in [0.25, 0.3) is 16.6 Å². The molecule has 0 bridgehead atoms. The van der Waals surface area contributed by atoms with Crippen molar-refractivity contribution in [3.8, 4) is 11.8 Å². The van der Waals surface area contributed by atoms with Crippen molar-refractivity contribution in [2.75, 3.05) is 56.2 Å². The first-order valence-corrected chi connectivity index (χ1v) is 24.3. The molecule has 5 fully saturated rings. The minimum atomic E-state index is -2.91. The summed E-state index contributed by atoms with van der Waals surface area (Å²) in [6, 6.07) is 7.36. The number of morpholine rings is 1. The largest absolute Gasteiger partial charge is 0.375 e. The van der Waals surface area contributed by atoms with Crippen molar-refractivity contribution in [2.45, 2.75) is 106 Å². The number of hydrogen-bond donors (Lipinski definition) is 3. The number of fused-ring (bicyclic) bond motifs is 2. The number of nitrogens with zero attached hydrogens (tertiary/aromatic N) is 9. The van der Waals surface area contributed by atoms with E-state index in [1.807, 2.05) is 24.3 Å². The number of likely N-dealkylation sites (tertiary alicyclic amines) is 1. The molecule has 1 aromatic carbocycles. The van der Waals surface area contributed by atoms with Gasteiger partial charge in [0.1, 0.15) is 24.2 Å². The number of alkyl halides is 3. The van der Waals surface area contributed by atoms with E-state index >= 15 is 4.39 Å². The summed E-state index contributed by atoms with van der Waals surface area (Å²) < 4.78 is 61.4. The average Bonchev–Trinajstić information content (AvgIpc) is 3.76. The molecule has 5 aromatic rings. The van der Waals surface area contributed by atoms with Crippen LogP contribution >= 0.6 is 12.6 Å². The second kappa shape index (κ2) is 19.9. The lowest BCUT2D eigenvalue weighted by molar-refractivity contribution is -0.134. The fourth-order valence-electron chi connectivity index (χ4n) is 10.5. The summed E-state index contributed by atoms with van der Waals surface area (Å²) in [5.74, 6) is 6.23. The number of piperidine rings is 1. The van der Waals surface area contributed by atoms with Crippen molar-refractivity contribution in [1.82, 2.24) is 44.4 Å². The molecule has 68 heavy (non-hydrogen) atoms. The van der Waals surface area contributed by atoms with E-state index in [-0.39, 0.29) is 60.7 Å². The van der Waals surface area contributed by atoms with Crippen molar-refractivity contribution in [2.24, 2.45) is 18.9 Å². The Morgan fingerprint density at radius 1 is 1.04 bits per heavy atom. The van der Waals surface area contributed by atoms with E-state index in [1.165, 1.54) is 29.8 Å². The van der Waals surface area contributed by atoms with Crippen LogP contribution in [-0.2, 0) is 26.1 Å². The van der Waals surface area contributed by atoms with Crippen LogP contribution in [0.1, 0.15) is 110 Å². The monoisotopic (exact) mass is 955 g/mol. The molecule has 4 aromatic heterocycles. The molecule has 360 valence electrons. The van der Waals surface area contributed by atoms with Gasteiger partial charge in [-0.25, -0.2) is 22.7 Å².